The largest absolute Gasteiger partial charge is 0.308 e. The van der Waals surface area contributed by atoms with Gasteiger partial charge >= 0.3 is 0 Å². The fourth-order valence-corrected chi connectivity index (χ4v) is 8.97. The third-order valence-corrected chi connectivity index (χ3v) is 10.6. The molecule has 39 heavy (non-hydrogen) atoms. The summed E-state index contributed by atoms with van der Waals surface area (Å²) in [5.41, 5.74) is 8.01. The SMILES string of the molecule is C1=Cc2c(c3ccccc3n2-c2cccc3c2sc2cc(-c4cccc5sc6ccccc6c45)ccc23)CC1. The highest BCUT2D eigenvalue weighted by Crippen LogP contribution is 2.44. The van der Waals surface area contributed by atoms with E-state index in [1.54, 1.807) is 0 Å². The Morgan fingerprint density at radius 3 is 2.41 bits per heavy atom. The van der Waals surface area contributed by atoms with E-state index in [4.69, 9.17) is 0 Å². The number of aromatic nitrogens is 1. The van der Waals surface area contributed by atoms with Gasteiger partial charge in [-0.25, -0.2) is 0 Å². The quantitative estimate of drug-likeness (QED) is 0.208. The first-order chi connectivity index (χ1) is 19.3. The van der Waals surface area contributed by atoms with Crippen molar-refractivity contribution in [1.82, 2.24) is 4.57 Å². The topological polar surface area (TPSA) is 4.93 Å². The van der Waals surface area contributed by atoms with Gasteiger partial charge in [0.1, 0.15) is 0 Å². The number of rotatable bonds is 2. The second kappa shape index (κ2) is 8.16. The van der Waals surface area contributed by atoms with E-state index in [-0.39, 0.29) is 0 Å². The normalized spacial score (nSPS) is 13.3. The Balaban J connectivity index is 1.30. The number of allylic oxidation sites excluding steroid dienone is 1. The lowest BCUT2D eigenvalue weighted by atomic mass is 9.98. The van der Waals surface area contributed by atoms with Gasteiger partial charge in [-0.3, -0.25) is 0 Å². The Hall–Kier alpha value is -4.18. The first kappa shape index (κ1) is 21.7. The third kappa shape index (κ3) is 3.06. The number of hydrogen-bond acceptors (Lipinski definition) is 2. The molecule has 0 amide bonds. The molecule has 0 atom stereocenters. The summed E-state index contributed by atoms with van der Waals surface area (Å²) in [6.45, 7) is 0. The van der Waals surface area contributed by atoms with Gasteiger partial charge in [0.15, 0.2) is 0 Å². The molecule has 1 aliphatic carbocycles. The fraction of sp³-hybridized carbons (Fsp3) is 0.0556. The standard InChI is InChI=1S/C36H23NS2/c1-4-14-29-24(9-1)25-10-2-5-15-30(25)37(29)31-16-7-13-27-26-20-19-22(21-34(26)39-36(27)31)23-12-8-18-33-35(23)28-11-3-6-17-32(28)38-33/h1,3-9,11-21H,2,10H2. The molecule has 8 aromatic rings. The average Bonchev–Trinajstić information content (AvgIpc) is 3.66. The molecule has 0 radical (unpaired) electrons. The highest BCUT2D eigenvalue weighted by atomic mass is 32.1. The zero-order valence-electron chi connectivity index (χ0n) is 21.1. The number of aryl methyl sites for hydroxylation is 1. The van der Waals surface area contributed by atoms with Crippen LogP contribution in [0.1, 0.15) is 17.7 Å². The molecule has 0 unspecified atom stereocenters. The molecule has 3 aromatic heterocycles. The van der Waals surface area contributed by atoms with Crippen molar-refractivity contribution in [3.63, 3.8) is 0 Å². The first-order valence-electron chi connectivity index (χ1n) is 13.5. The fourth-order valence-electron chi connectivity index (χ4n) is 6.59. The van der Waals surface area contributed by atoms with Crippen molar-refractivity contribution in [2.24, 2.45) is 0 Å². The van der Waals surface area contributed by atoms with Gasteiger partial charge in [0, 0.05) is 46.7 Å². The Kier molecular flexibility index (Phi) is 4.54. The van der Waals surface area contributed by atoms with Gasteiger partial charge in [0.25, 0.3) is 0 Å². The van der Waals surface area contributed by atoms with Crippen LogP contribution in [0.2, 0.25) is 0 Å². The molecule has 0 aliphatic heterocycles. The first-order valence-corrected chi connectivity index (χ1v) is 15.1. The van der Waals surface area contributed by atoms with E-state index >= 15 is 0 Å². The summed E-state index contributed by atoms with van der Waals surface area (Å²) in [6, 6.07) is 38.3. The van der Waals surface area contributed by atoms with Crippen LogP contribution in [0.5, 0.6) is 0 Å². The number of para-hydroxylation sites is 1. The molecular formula is C36H23NS2. The number of nitrogens with zero attached hydrogens (tertiary/aromatic N) is 1. The molecule has 1 aliphatic rings. The maximum atomic E-state index is 2.50. The predicted octanol–water partition coefficient (Wildman–Crippen LogP) is 11.0. The van der Waals surface area contributed by atoms with E-state index in [0.717, 1.165) is 12.8 Å². The molecular weight excluding hydrogens is 511 g/mol. The Morgan fingerprint density at radius 2 is 1.44 bits per heavy atom. The molecule has 9 rings (SSSR count). The lowest BCUT2D eigenvalue weighted by Gasteiger charge is -2.13. The van der Waals surface area contributed by atoms with Crippen molar-refractivity contribution >= 4 is 80.0 Å². The molecule has 0 bridgehead atoms. The van der Waals surface area contributed by atoms with Crippen molar-refractivity contribution in [2.45, 2.75) is 12.8 Å². The van der Waals surface area contributed by atoms with Crippen molar-refractivity contribution in [1.29, 1.82) is 0 Å². The molecule has 3 heterocycles. The van der Waals surface area contributed by atoms with Gasteiger partial charge in [-0.1, -0.05) is 78.9 Å². The summed E-state index contributed by atoms with van der Waals surface area (Å²) >= 11 is 3.81. The molecule has 0 fully saturated rings. The highest BCUT2D eigenvalue weighted by Gasteiger charge is 2.20. The van der Waals surface area contributed by atoms with E-state index in [2.05, 4.69) is 120 Å². The maximum Gasteiger partial charge on any atom is 0.0640 e. The van der Waals surface area contributed by atoms with E-state index in [1.807, 2.05) is 22.7 Å². The minimum atomic E-state index is 1.11. The molecule has 3 heteroatoms. The Labute approximate surface area is 233 Å². The molecule has 5 aromatic carbocycles. The van der Waals surface area contributed by atoms with Crippen LogP contribution in [0, 0.1) is 0 Å². The van der Waals surface area contributed by atoms with Gasteiger partial charge in [-0.05, 0) is 65.9 Å². The van der Waals surface area contributed by atoms with Crippen LogP contribution in [-0.2, 0) is 6.42 Å². The lowest BCUT2D eigenvalue weighted by molar-refractivity contribution is 0.970. The number of fused-ring (bicyclic) bond motifs is 9. The highest BCUT2D eigenvalue weighted by molar-refractivity contribution is 7.26. The molecule has 184 valence electrons. The van der Waals surface area contributed by atoms with Gasteiger partial charge in [-0.15, -0.1) is 22.7 Å². The van der Waals surface area contributed by atoms with E-state index in [9.17, 15) is 0 Å². The minimum Gasteiger partial charge on any atom is -0.308 e. The van der Waals surface area contributed by atoms with Crippen LogP contribution < -0.4 is 0 Å². The number of hydrogen-bond donors (Lipinski definition) is 0. The predicted molar refractivity (Wildman–Crippen MR) is 172 cm³/mol. The van der Waals surface area contributed by atoms with Gasteiger partial charge < -0.3 is 4.57 Å². The summed E-state index contributed by atoms with van der Waals surface area (Å²) in [7, 11) is 0. The van der Waals surface area contributed by atoms with Crippen molar-refractivity contribution in [3.8, 4) is 16.8 Å². The van der Waals surface area contributed by atoms with Crippen LogP contribution in [0.4, 0.5) is 0 Å². The second-order valence-corrected chi connectivity index (χ2v) is 12.5. The summed E-state index contributed by atoms with van der Waals surface area (Å²) in [4.78, 5) is 0. The lowest BCUT2D eigenvalue weighted by Crippen LogP contribution is -2.00. The van der Waals surface area contributed by atoms with E-state index in [0.29, 0.717) is 0 Å². The van der Waals surface area contributed by atoms with E-state index in [1.165, 1.54) is 79.3 Å². The van der Waals surface area contributed by atoms with Crippen molar-refractivity contribution < 1.29 is 0 Å². The molecule has 0 N–H and O–H groups in total. The monoisotopic (exact) mass is 533 g/mol. The average molecular weight is 534 g/mol. The van der Waals surface area contributed by atoms with Crippen molar-refractivity contribution in [3.05, 3.63) is 120 Å². The van der Waals surface area contributed by atoms with Gasteiger partial charge in [0.05, 0.1) is 15.9 Å². The van der Waals surface area contributed by atoms with E-state index < -0.39 is 0 Å². The summed E-state index contributed by atoms with van der Waals surface area (Å²) < 4.78 is 7.89. The summed E-state index contributed by atoms with van der Waals surface area (Å²) in [6.07, 6.45) is 6.87. The zero-order valence-corrected chi connectivity index (χ0v) is 22.8. The number of benzene rings is 5. The van der Waals surface area contributed by atoms with Gasteiger partial charge in [0.2, 0.25) is 0 Å². The van der Waals surface area contributed by atoms with Crippen LogP contribution >= 0.6 is 22.7 Å². The molecule has 0 saturated carbocycles. The smallest absolute Gasteiger partial charge is 0.0640 e. The molecule has 0 saturated heterocycles. The Morgan fingerprint density at radius 1 is 0.615 bits per heavy atom. The third-order valence-electron chi connectivity index (χ3n) is 8.29. The second-order valence-electron chi connectivity index (χ2n) is 10.4. The van der Waals surface area contributed by atoms with Crippen LogP contribution in [0.15, 0.2) is 109 Å². The van der Waals surface area contributed by atoms with Crippen LogP contribution in [0.25, 0.3) is 74.1 Å². The van der Waals surface area contributed by atoms with Crippen LogP contribution in [0.3, 0.4) is 0 Å². The van der Waals surface area contributed by atoms with Gasteiger partial charge in [-0.2, -0.15) is 0 Å². The number of thiophene rings is 2. The maximum absolute atomic E-state index is 2.50. The van der Waals surface area contributed by atoms with Crippen LogP contribution in [-0.4, -0.2) is 4.57 Å². The van der Waals surface area contributed by atoms with Crippen molar-refractivity contribution in [2.75, 3.05) is 0 Å². The Bertz CT molecular complexity index is 2290. The zero-order chi connectivity index (χ0) is 25.5. The summed E-state index contributed by atoms with van der Waals surface area (Å²) in [5, 5.41) is 6.78. The molecule has 1 nitrogen and oxygen atoms in total. The minimum absolute atomic E-state index is 1.11. The molecule has 0 spiro atoms. The summed E-state index contributed by atoms with van der Waals surface area (Å²) in [5.74, 6) is 0.